The van der Waals surface area contributed by atoms with Gasteiger partial charge in [-0.25, -0.2) is 4.79 Å². The molecule has 5 heteroatoms. The third-order valence-electron chi connectivity index (χ3n) is 3.19. The Hall–Kier alpha value is -2.30. The van der Waals surface area contributed by atoms with E-state index in [1.165, 1.54) is 0 Å². The van der Waals surface area contributed by atoms with Gasteiger partial charge in [-0.3, -0.25) is 15.0 Å². The molecule has 100 valence electrons. The first-order valence-corrected chi connectivity index (χ1v) is 6.06. The van der Waals surface area contributed by atoms with Crippen LogP contribution in [0.1, 0.15) is 41.4 Å². The molecule has 0 saturated heterocycles. The van der Waals surface area contributed by atoms with E-state index in [-0.39, 0.29) is 11.3 Å². The van der Waals surface area contributed by atoms with Gasteiger partial charge in [-0.1, -0.05) is 32.0 Å². The van der Waals surface area contributed by atoms with Crippen LogP contribution in [-0.2, 0) is 0 Å². The maximum Gasteiger partial charge on any atom is 0.354 e. The Bertz CT molecular complexity index is 680. The van der Waals surface area contributed by atoms with Crippen molar-refractivity contribution >= 4 is 5.97 Å². The summed E-state index contributed by atoms with van der Waals surface area (Å²) in [5.74, 6) is -0.839. The molecule has 1 aromatic heterocycles. The lowest BCUT2D eigenvalue weighted by atomic mass is 9.94. The van der Waals surface area contributed by atoms with Crippen molar-refractivity contribution < 1.29 is 9.90 Å². The second kappa shape index (κ2) is 4.76. The van der Waals surface area contributed by atoms with E-state index >= 15 is 0 Å². The zero-order valence-corrected chi connectivity index (χ0v) is 11.1. The molecule has 1 aromatic carbocycles. The van der Waals surface area contributed by atoms with Gasteiger partial charge in [0.05, 0.1) is 5.56 Å². The fraction of sp³-hybridized carbons (Fsp3) is 0.286. The first kappa shape index (κ1) is 13.1. The molecule has 5 nitrogen and oxygen atoms in total. The van der Waals surface area contributed by atoms with Crippen LogP contribution in [0.3, 0.4) is 0 Å². The molecule has 0 atom stereocenters. The summed E-state index contributed by atoms with van der Waals surface area (Å²) in [7, 11) is 0. The Balaban J connectivity index is 2.71. The lowest BCUT2D eigenvalue weighted by Gasteiger charge is -2.10. The van der Waals surface area contributed by atoms with Crippen molar-refractivity contribution in [2.45, 2.75) is 26.7 Å². The number of aromatic amines is 2. The predicted octanol–water partition coefficient (Wildman–Crippen LogP) is 2.50. The van der Waals surface area contributed by atoms with Crippen LogP contribution >= 0.6 is 0 Å². The lowest BCUT2D eigenvalue weighted by molar-refractivity contribution is 0.0691. The Kier molecular flexibility index (Phi) is 3.29. The van der Waals surface area contributed by atoms with E-state index in [9.17, 15) is 9.59 Å². The van der Waals surface area contributed by atoms with Gasteiger partial charge in [-0.05, 0) is 29.5 Å². The molecule has 2 rings (SSSR count). The average molecular weight is 260 g/mol. The van der Waals surface area contributed by atoms with Crippen LogP contribution in [0.4, 0.5) is 0 Å². The van der Waals surface area contributed by atoms with Crippen molar-refractivity contribution in [3.8, 4) is 11.1 Å². The van der Waals surface area contributed by atoms with Gasteiger partial charge in [0, 0.05) is 0 Å². The summed E-state index contributed by atoms with van der Waals surface area (Å²) in [6.07, 6.45) is 0. The lowest BCUT2D eigenvalue weighted by Crippen LogP contribution is -2.06. The molecule has 0 bridgehead atoms. The number of carboxylic acid groups (broad SMARTS) is 1. The third-order valence-corrected chi connectivity index (χ3v) is 3.19. The summed E-state index contributed by atoms with van der Waals surface area (Å²) in [6, 6.07) is 5.78. The number of hydrogen-bond donors (Lipinski definition) is 3. The second-order valence-electron chi connectivity index (χ2n) is 4.86. The molecular formula is C14H16N2O3. The first-order chi connectivity index (χ1) is 8.91. The zero-order valence-electron chi connectivity index (χ0n) is 11.1. The number of aromatic nitrogens is 2. The summed E-state index contributed by atoms with van der Waals surface area (Å²) in [5.41, 5.74) is 2.27. The van der Waals surface area contributed by atoms with Crippen molar-refractivity contribution in [2.75, 3.05) is 0 Å². The Labute approximate surface area is 110 Å². The highest BCUT2D eigenvalue weighted by atomic mass is 16.4. The summed E-state index contributed by atoms with van der Waals surface area (Å²) in [6.45, 7) is 5.96. The van der Waals surface area contributed by atoms with Gasteiger partial charge in [-0.15, -0.1) is 0 Å². The average Bonchev–Trinajstić information content (AvgIpc) is 2.71. The number of carbonyl (C=O) groups is 1. The first-order valence-electron chi connectivity index (χ1n) is 6.06. The molecule has 1 heterocycles. The van der Waals surface area contributed by atoms with Crippen LogP contribution in [0.15, 0.2) is 23.0 Å². The van der Waals surface area contributed by atoms with Crippen molar-refractivity contribution in [1.82, 2.24) is 10.2 Å². The van der Waals surface area contributed by atoms with E-state index in [1.807, 2.05) is 39.0 Å². The highest BCUT2D eigenvalue weighted by molar-refractivity contribution is 5.94. The van der Waals surface area contributed by atoms with Gasteiger partial charge in [0.25, 0.3) is 5.56 Å². The molecule has 2 aromatic rings. The molecule has 0 aliphatic heterocycles. The van der Waals surface area contributed by atoms with Gasteiger partial charge in [0.1, 0.15) is 0 Å². The maximum absolute atomic E-state index is 11.8. The molecule has 0 aliphatic carbocycles. The Morgan fingerprint density at radius 1 is 1.26 bits per heavy atom. The van der Waals surface area contributed by atoms with Crippen LogP contribution in [-0.4, -0.2) is 21.3 Å². The van der Waals surface area contributed by atoms with Gasteiger partial charge in [0.15, 0.2) is 5.69 Å². The molecule has 3 N–H and O–H groups in total. The summed E-state index contributed by atoms with van der Waals surface area (Å²) >= 11 is 0. The number of aryl methyl sites for hydroxylation is 1. The molecule has 0 aliphatic rings. The largest absolute Gasteiger partial charge is 0.477 e. The van der Waals surface area contributed by atoms with E-state index in [1.54, 1.807) is 0 Å². The fourth-order valence-corrected chi connectivity index (χ4v) is 2.04. The van der Waals surface area contributed by atoms with Crippen molar-refractivity contribution in [1.29, 1.82) is 0 Å². The highest BCUT2D eigenvalue weighted by Gasteiger charge is 2.19. The van der Waals surface area contributed by atoms with Gasteiger partial charge >= 0.3 is 5.97 Å². The van der Waals surface area contributed by atoms with Gasteiger partial charge in [0.2, 0.25) is 0 Å². The molecule has 0 unspecified atom stereocenters. The molecule has 0 fully saturated rings. The van der Waals surface area contributed by atoms with Crippen LogP contribution in [0.25, 0.3) is 11.1 Å². The second-order valence-corrected chi connectivity index (χ2v) is 4.86. The standard InChI is InChI=1S/C14H16N2O3/c1-7(2)9-5-4-8(3)10(6-9)11-12(14(18)19)15-16-13(11)17/h4-7H,1-3H3,(H,18,19)(H2,15,16,17). The van der Waals surface area contributed by atoms with E-state index in [4.69, 9.17) is 5.11 Å². The van der Waals surface area contributed by atoms with Crippen molar-refractivity contribution in [2.24, 2.45) is 0 Å². The van der Waals surface area contributed by atoms with Gasteiger partial charge in [-0.2, -0.15) is 0 Å². The number of carboxylic acids is 1. The summed E-state index contributed by atoms with van der Waals surface area (Å²) in [5, 5.41) is 13.9. The minimum atomic E-state index is -1.15. The van der Waals surface area contributed by atoms with Crippen LogP contribution in [0, 0.1) is 6.92 Å². The number of aromatic carboxylic acids is 1. The van der Waals surface area contributed by atoms with E-state index in [0.29, 0.717) is 11.5 Å². The fourth-order valence-electron chi connectivity index (χ4n) is 2.04. The van der Waals surface area contributed by atoms with Crippen LogP contribution in [0.5, 0.6) is 0 Å². The molecular weight excluding hydrogens is 244 g/mol. The Morgan fingerprint density at radius 3 is 2.53 bits per heavy atom. The number of rotatable bonds is 3. The van der Waals surface area contributed by atoms with E-state index < -0.39 is 11.5 Å². The van der Waals surface area contributed by atoms with Crippen molar-refractivity contribution in [3.63, 3.8) is 0 Å². The van der Waals surface area contributed by atoms with Gasteiger partial charge < -0.3 is 5.11 Å². The minimum absolute atomic E-state index is 0.103. The molecule has 0 radical (unpaired) electrons. The van der Waals surface area contributed by atoms with Crippen molar-refractivity contribution in [3.05, 3.63) is 45.4 Å². The molecule has 0 saturated carbocycles. The number of H-pyrrole nitrogens is 2. The molecule has 19 heavy (non-hydrogen) atoms. The SMILES string of the molecule is Cc1ccc(C(C)C)cc1-c1c(C(=O)O)[nH][nH]c1=O. The monoisotopic (exact) mass is 260 g/mol. The topological polar surface area (TPSA) is 85.9 Å². The number of nitrogens with one attached hydrogen (secondary N) is 2. The van der Waals surface area contributed by atoms with Crippen LogP contribution in [0.2, 0.25) is 0 Å². The van der Waals surface area contributed by atoms with E-state index in [2.05, 4.69) is 10.2 Å². The maximum atomic E-state index is 11.8. The Morgan fingerprint density at radius 2 is 1.95 bits per heavy atom. The normalized spacial score (nSPS) is 10.9. The summed E-state index contributed by atoms with van der Waals surface area (Å²) in [4.78, 5) is 23.0. The quantitative estimate of drug-likeness (QED) is 0.792. The number of hydrogen-bond acceptors (Lipinski definition) is 2. The van der Waals surface area contributed by atoms with Crippen LogP contribution < -0.4 is 5.56 Å². The highest BCUT2D eigenvalue weighted by Crippen LogP contribution is 2.27. The molecule has 0 amide bonds. The third kappa shape index (κ3) is 2.31. The summed E-state index contributed by atoms with van der Waals surface area (Å²) < 4.78 is 0. The zero-order chi connectivity index (χ0) is 14.2. The van der Waals surface area contributed by atoms with E-state index in [0.717, 1.165) is 11.1 Å². The predicted molar refractivity (Wildman–Crippen MR) is 72.6 cm³/mol. The molecule has 0 spiro atoms. The number of benzene rings is 1. The minimum Gasteiger partial charge on any atom is -0.477 e. The smallest absolute Gasteiger partial charge is 0.354 e.